The largest absolute Gasteiger partial charge is 0.487 e. The van der Waals surface area contributed by atoms with Crippen LogP contribution in [0.2, 0.25) is 0 Å². The second kappa shape index (κ2) is 16.8. The molecule has 0 aliphatic heterocycles. The number of fused-ring (bicyclic) bond motifs is 5. The molecule has 1 atom stereocenters. The van der Waals surface area contributed by atoms with Gasteiger partial charge in [-0.2, -0.15) is 8.78 Å². The minimum atomic E-state index is -4.29. The number of halogens is 4. The Bertz CT molecular complexity index is 1980. The Hall–Kier alpha value is -4.73. The van der Waals surface area contributed by atoms with Gasteiger partial charge in [-0.25, -0.2) is 13.6 Å². The molecule has 0 fully saturated rings. The van der Waals surface area contributed by atoms with Crippen LogP contribution in [0, 0.1) is 5.92 Å². The third-order valence-corrected chi connectivity index (χ3v) is 8.69. The molecule has 0 aliphatic carbocycles. The number of hydrogen-bond donors (Lipinski definition) is 0. The Morgan fingerprint density at radius 2 is 1.52 bits per heavy atom. The van der Waals surface area contributed by atoms with Crippen LogP contribution in [0.4, 0.5) is 17.6 Å². The molecule has 6 nitrogen and oxygen atoms in total. The lowest BCUT2D eigenvalue weighted by Crippen LogP contribution is -2.33. The molecule has 1 heterocycles. The molecular weight excluding hydrogens is 648 g/mol. The molecule has 50 heavy (non-hydrogen) atoms. The maximum Gasteiger partial charge on any atom is 0.340 e. The number of nitrogens with zero attached hydrogens (tertiary/aromatic N) is 2. The lowest BCUT2D eigenvalue weighted by Gasteiger charge is -2.18. The third-order valence-electron chi connectivity index (χ3n) is 8.69. The average molecular weight is 693 g/mol. The topological polar surface area (TPSA) is 69.9 Å². The van der Waals surface area contributed by atoms with E-state index in [1.807, 2.05) is 62.4 Å². The maximum atomic E-state index is 14.1. The number of oxime groups is 1. The fraction of sp³-hybridized carbons (Fsp3) is 0.375. The Morgan fingerprint density at radius 3 is 2.14 bits per heavy atom. The first kappa shape index (κ1) is 38.1. The highest BCUT2D eigenvalue weighted by molar-refractivity contribution is 6.26. The molecule has 0 saturated heterocycles. The SMILES string of the molecule is CC.CCCCC(CC)Cn1c2ccc(/C(C)=N\OC(C)=O)cc2c2cc(C(=O)c3ccc(OCC(F)(F)C(F)F)cc3)c3ccccc3c21. The second-order valence-electron chi connectivity index (χ2n) is 12.1. The van der Waals surface area contributed by atoms with Gasteiger partial charge in [0.25, 0.3) is 0 Å². The van der Waals surface area contributed by atoms with Crippen molar-refractivity contribution in [3.8, 4) is 5.75 Å². The van der Waals surface area contributed by atoms with Crippen LogP contribution in [-0.2, 0) is 16.2 Å². The third kappa shape index (κ3) is 8.34. The van der Waals surface area contributed by atoms with E-state index in [2.05, 4.69) is 23.6 Å². The van der Waals surface area contributed by atoms with Crippen LogP contribution in [-0.4, -0.2) is 41.0 Å². The number of ketones is 1. The Labute approximate surface area is 290 Å². The minimum Gasteiger partial charge on any atom is -0.487 e. The summed E-state index contributed by atoms with van der Waals surface area (Å²) in [5, 5.41) is 7.42. The lowest BCUT2D eigenvalue weighted by atomic mass is 9.94. The predicted molar refractivity (Wildman–Crippen MR) is 192 cm³/mol. The highest BCUT2D eigenvalue weighted by Crippen LogP contribution is 2.39. The van der Waals surface area contributed by atoms with Gasteiger partial charge in [0.05, 0.1) is 11.2 Å². The Kier molecular flexibility index (Phi) is 12.8. The van der Waals surface area contributed by atoms with Crippen molar-refractivity contribution in [2.45, 2.75) is 86.1 Å². The average Bonchev–Trinajstić information content (AvgIpc) is 3.44. The zero-order chi connectivity index (χ0) is 36.6. The van der Waals surface area contributed by atoms with E-state index in [4.69, 9.17) is 9.57 Å². The summed E-state index contributed by atoms with van der Waals surface area (Å²) < 4.78 is 59.1. The van der Waals surface area contributed by atoms with Gasteiger partial charge in [0.2, 0.25) is 0 Å². The molecule has 4 aromatic carbocycles. The van der Waals surface area contributed by atoms with Gasteiger partial charge >= 0.3 is 18.3 Å². The molecule has 0 bridgehead atoms. The molecule has 0 saturated carbocycles. The normalized spacial score (nSPS) is 12.7. The number of aromatic nitrogens is 1. The highest BCUT2D eigenvalue weighted by Gasteiger charge is 2.41. The zero-order valence-electron chi connectivity index (χ0n) is 29.4. The van der Waals surface area contributed by atoms with Crippen molar-refractivity contribution in [2.75, 3.05) is 6.61 Å². The molecule has 0 spiro atoms. The number of carbonyl (C=O) groups is 2. The first-order valence-corrected chi connectivity index (χ1v) is 17.1. The van der Waals surface area contributed by atoms with Crippen LogP contribution in [0.25, 0.3) is 32.6 Å². The summed E-state index contributed by atoms with van der Waals surface area (Å²) >= 11 is 0. The van der Waals surface area contributed by atoms with Gasteiger partial charge in [0, 0.05) is 46.3 Å². The van der Waals surface area contributed by atoms with E-state index in [0.29, 0.717) is 17.2 Å². The molecule has 0 radical (unpaired) electrons. The maximum absolute atomic E-state index is 14.1. The standard InChI is InChI=1S/C38H38F4N2O4.C2H6/c1-5-7-10-25(6-2)21-44-34-18-15-27(23(3)43-48-24(4)45)19-31(34)32-20-33(29-11-8-9-12-30(29)35(32)44)36(46)26-13-16-28(17-14-26)47-22-38(41,42)37(39)40;1-2/h8-9,11-20,25,37H,5-7,10,21-22H2,1-4H3;1-2H3/b43-23-;. The second-order valence-corrected chi connectivity index (χ2v) is 12.1. The van der Waals surface area contributed by atoms with Crippen molar-refractivity contribution in [3.63, 3.8) is 0 Å². The molecular formula is C40H44F4N2O4. The summed E-state index contributed by atoms with van der Waals surface area (Å²) in [5.74, 6) is -4.72. The first-order chi connectivity index (χ1) is 23.9. The summed E-state index contributed by atoms with van der Waals surface area (Å²) in [5.41, 5.74) is 4.02. The summed E-state index contributed by atoms with van der Waals surface area (Å²) in [4.78, 5) is 30.4. The fourth-order valence-corrected chi connectivity index (χ4v) is 6.03. The van der Waals surface area contributed by atoms with E-state index in [1.165, 1.54) is 31.2 Å². The van der Waals surface area contributed by atoms with Gasteiger partial charge in [0.1, 0.15) is 5.75 Å². The quantitative estimate of drug-likeness (QED) is 0.0382. The molecule has 0 amide bonds. The number of ether oxygens (including phenoxy) is 1. The van der Waals surface area contributed by atoms with Crippen LogP contribution >= 0.6 is 0 Å². The van der Waals surface area contributed by atoms with E-state index in [9.17, 15) is 27.2 Å². The van der Waals surface area contributed by atoms with Crippen molar-refractivity contribution in [3.05, 3.63) is 89.5 Å². The molecule has 1 aromatic heterocycles. The smallest absolute Gasteiger partial charge is 0.340 e. The summed E-state index contributed by atoms with van der Waals surface area (Å²) in [7, 11) is 0. The van der Waals surface area contributed by atoms with Crippen molar-refractivity contribution in [2.24, 2.45) is 11.1 Å². The molecule has 266 valence electrons. The van der Waals surface area contributed by atoms with Crippen LogP contribution < -0.4 is 4.74 Å². The van der Waals surface area contributed by atoms with Gasteiger partial charge < -0.3 is 14.1 Å². The van der Waals surface area contributed by atoms with E-state index in [1.54, 1.807) is 6.92 Å². The Balaban J connectivity index is 0.00000276. The van der Waals surface area contributed by atoms with Crippen molar-refractivity contribution in [1.82, 2.24) is 4.57 Å². The number of benzene rings is 4. The van der Waals surface area contributed by atoms with Crippen LogP contribution in [0.15, 0.2) is 78.0 Å². The van der Waals surface area contributed by atoms with Crippen LogP contribution in [0.5, 0.6) is 5.75 Å². The van der Waals surface area contributed by atoms with E-state index >= 15 is 0 Å². The number of rotatable bonds is 14. The van der Waals surface area contributed by atoms with Crippen molar-refractivity contribution in [1.29, 1.82) is 0 Å². The van der Waals surface area contributed by atoms with E-state index in [0.717, 1.165) is 70.4 Å². The van der Waals surface area contributed by atoms with Gasteiger partial charge in [-0.1, -0.05) is 82.4 Å². The Morgan fingerprint density at radius 1 is 0.860 bits per heavy atom. The number of unbranched alkanes of at least 4 members (excludes halogenated alkanes) is 1. The van der Waals surface area contributed by atoms with Crippen LogP contribution in [0.1, 0.15) is 88.7 Å². The lowest BCUT2D eigenvalue weighted by molar-refractivity contribution is -0.148. The van der Waals surface area contributed by atoms with E-state index in [-0.39, 0.29) is 17.1 Å². The minimum absolute atomic E-state index is 0.0536. The van der Waals surface area contributed by atoms with Gasteiger partial charge in [0.15, 0.2) is 12.4 Å². The summed E-state index contributed by atoms with van der Waals surface area (Å²) in [6.07, 6.45) is 0.495. The molecule has 0 N–H and O–H groups in total. The summed E-state index contributed by atoms with van der Waals surface area (Å²) in [6, 6.07) is 21.1. The molecule has 1 unspecified atom stereocenters. The predicted octanol–water partition coefficient (Wildman–Crippen LogP) is 11.0. The van der Waals surface area contributed by atoms with Crippen molar-refractivity contribution >= 4 is 50.0 Å². The number of carbonyl (C=O) groups excluding carboxylic acids is 2. The zero-order valence-corrected chi connectivity index (χ0v) is 29.4. The molecule has 0 aliphatic rings. The number of alkyl halides is 4. The monoisotopic (exact) mass is 692 g/mol. The molecule has 5 rings (SSSR count). The van der Waals surface area contributed by atoms with E-state index < -0.39 is 24.9 Å². The van der Waals surface area contributed by atoms with Gasteiger partial charge in [-0.05, 0) is 72.7 Å². The van der Waals surface area contributed by atoms with Gasteiger partial charge in [-0.15, -0.1) is 0 Å². The molecule has 10 heteroatoms. The number of hydrogen-bond acceptors (Lipinski definition) is 5. The highest BCUT2D eigenvalue weighted by atomic mass is 19.3. The van der Waals surface area contributed by atoms with Crippen molar-refractivity contribution < 1.29 is 36.7 Å². The fourth-order valence-electron chi connectivity index (χ4n) is 6.03. The van der Waals surface area contributed by atoms with Gasteiger partial charge in [-0.3, -0.25) is 4.79 Å². The van der Waals surface area contributed by atoms with Crippen LogP contribution in [0.3, 0.4) is 0 Å². The first-order valence-electron chi connectivity index (χ1n) is 17.1. The summed E-state index contributed by atoms with van der Waals surface area (Å²) in [6.45, 7) is 10.7. The molecule has 5 aromatic rings.